The molecule has 0 bridgehead atoms. The van der Waals surface area contributed by atoms with Crippen molar-refractivity contribution in [1.82, 2.24) is 4.57 Å². The van der Waals surface area contributed by atoms with Crippen molar-refractivity contribution in [3.8, 4) is 6.07 Å². The molecule has 1 rings (SSSR count). The molecule has 0 saturated carbocycles. The number of anilines is 1. The van der Waals surface area contributed by atoms with Gasteiger partial charge in [0.1, 0.15) is 11.7 Å². The zero-order chi connectivity index (χ0) is 18.3. The SMILES string of the molecule is CCOC(=O)c1c(NC(=O)OC(C)(C)C)c(C#N)cn1CCOC. The summed E-state index contributed by atoms with van der Waals surface area (Å²) < 4.78 is 16.7. The quantitative estimate of drug-likeness (QED) is 0.800. The van der Waals surface area contributed by atoms with E-state index in [1.165, 1.54) is 17.9 Å². The molecule has 0 unspecified atom stereocenters. The summed E-state index contributed by atoms with van der Waals surface area (Å²) in [5.74, 6) is -0.638. The molecule has 1 aromatic heterocycles. The number of nitriles is 1. The monoisotopic (exact) mass is 337 g/mol. The van der Waals surface area contributed by atoms with Gasteiger partial charge in [-0.1, -0.05) is 0 Å². The average Bonchev–Trinajstić information content (AvgIpc) is 2.80. The van der Waals surface area contributed by atoms with E-state index in [1.54, 1.807) is 27.7 Å². The lowest BCUT2D eigenvalue weighted by Crippen LogP contribution is -2.28. The molecular weight excluding hydrogens is 314 g/mol. The fraction of sp³-hybridized carbons (Fsp3) is 0.562. The highest BCUT2D eigenvalue weighted by Crippen LogP contribution is 2.25. The van der Waals surface area contributed by atoms with Crippen LogP contribution in [0.25, 0.3) is 0 Å². The minimum absolute atomic E-state index is 0.0707. The van der Waals surface area contributed by atoms with Crippen LogP contribution in [0.1, 0.15) is 43.7 Å². The summed E-state index contributed by atoms with van der Waals surface area (Å²) in [6.45, 7) is 7.65. The Labute approximate surface area is 141 Å². The molecule has 0 aliphatic carbocycles. The smallest absolute Gasteiger partial charge is 0.412 e. The Bertz CT molecular complexity index is 637. The molecule has 1 N–H and O–H groups in total. The number of nitrogens with zero attached hydrogens (tertiary/aromatic N) is 2. The Morgan fingerprint density at radius 3 is 2.54 bits per heavy atom. The average molecular weight is 337 g/mol. The first kappa shape index (κ1) is 19.5. The van der Waals surface area contributed by atoms with E-state index >= 15 is 0 Å². The number of hydrogen-bond acceptors (Lipinski definition) is 6. The Hall–Kier alpha value is -2.53. The van der Waals surface area contributed by atoms with Gasteiger partial charge in [-0.3, -0.25) is 5.32 Å². The zero-order valence-corrected chi connectivity index (χ0v) is 14.6. The number of nitrogens with one attached hydrogen (secondary N) is 1. The maximum absolute atomic E-state index is 12.3. The van der Waals surface area contributed by atoms with E-state index in [-0.39, 0.29) is 23.6 Å². The fourth-order valence-electron chi connectivity index (χ4n) is 1.96. The third kappa shape index (κ3) is 5.28. The molecule has 24 heavy (non-hydrogen) atoms. The van der Waals surface area contributed by atoms with Gasteiger partial charge in [-0.15, -0.1) is 0 Å². The Balaban J connectivity index is 3.24. The minimum Gasteiger partial charge on any atom is -0.461 e. The molecule has 1 heterocycles. The van der Waals surface area contributed by atoms with Crippen LogP contribution in [-0.4, -0.2) is 42.6 Å². The summed E-state index contributed by atoms with van der Waals surface area (Å²) in [6, 6.07) is 1.96. The largest absolute Gasteiger partial charge is 0.461 e. The first-order valence-electron chi connectivity index (χ1n) is 7.52. The standard InChI is InChI=1S/C16H23N3O5/c1-6-23-14(20)13-12(18-15(21)24-16(2,3)4)11(9-17)10-19(13)7-8-22-5/h10H,6-8H2,1-5H3,(H,18,21). The molecule has 8 nitrogen and oxygen atoms in total. The van der Waals surface area contributed by atoms with Crippen molar-refractivity contribution >= 4 is 17.7 Å². The highest BCUT2D eigenvalue weighted by Gasteiger charge is 2.26. The third-order valence-corrected chi connectivity index (χ3v) is 2.83. The van der Waals surface area contributed by atoms with Gasteiger partial charge in [0.2, 0.25) is 0 Å². The first-order chi connectivity index (χ1) is 11.2. The Morgan fingerprint density at radius 1 is 1.38 bits per heavy atom. The van der Waals surface area contributed by atoms with Crippen LogP contribution in [0.15, 0.2) is 6.20 Å². The van der Waals surface area contributed by atoms with E-state index in [0.717, 1.165) is 0 Å². The van der Waals surface area contributed by atoms with E-state index in [4.69, 9.17) is 14.2 Å². The van der Waals surface area contributed by atoms with Crippen LogP contribution in [-0.2, 0) is 20.8 Å². The number of esters is 1. The van der Waals surface area contributed by atoms with E-state index in [2.05, 4.69) is 5.32 Å². The van der Waals surface area contributed by atoms with Crippen molar-refractivity contribution in [3.63, 3.8) is 0 Å². The second-order valence-electron chi connectivity index (χ2n) is 5.91. The number of methoxy groups -OCH3 is 1. The van der Waals surface area contributed by atoms with Crippen LogP contribution >= 0.6 is 0 Å². The van der Waals surface area contributed by atoms with Gasteiger partial charge in [0, 0.05) is 19.9 Å². The summed E-state index contributed by atoms with van der Waals surface area (Å²) in [5.41, 5.74) is -0.419. The predicted octanol–water partition coefficient (Wildman–Crippen LogP) is 2.53. The van der Waals surface area contributed by atoms with Crippen LogP contribution in [0, 0.1) is 11.3 Å². The number of carbonyl (C=O) groups is 2. The van der Waals surface area contributed by atoms with Crippen LogP contribution in [0.3, 0.4) is 0 Å². The second kappa shape index (κ2) is 8.36. The van der Waals surface area contributed by atoms with E-state index in [1.807, 2.05) is 6.07 Å². The van der Waals surface area contributed by atoms with Gasteiger partial charge in [-0.25, -0.2) is 9.59 Å². The summed E-state index contributed by atoms with van der Waals surface area (Å²) >= 11 is 0. The van der Waals surface area contributed by atoms with E-state index < -0.39 is 17.7 Å². The van der Waals surface area contributed by atoms with Crippen LogP contribution in [0.2, 0.25) is 0 Å². The Kier molecular flexibility index (Phi) is 6.80. The maximum Gasteiger partial charge on any atom is 0.412 e. The van der Waals surface area contributed by atoms with Crippen LogP contribution in [0.4, 0.5) is 10.5 Å². The number of carbonyl (C=O) groups excluding carboxylic acids is 2. The molecule has 0 saturated heterocycles. The van der Waals surface area contributed by atoms with Crippen molar-refractivity contribution in [1.29, 1.82) is 5.26 Å². The minimum atomic E-state index is -0.756. The molecular formula is C16H23N3O5. The summed E-state index contributed by atoms with van der Waals surface area (Å²) in [6.07, 6.45) is 0.715. The molecule has 0 aromatic carbocycles. The number of aromatic nitrogens is 1. The van der Waals surface area contributed by atoms with Crippen molar-refractivity contribution in [2.24, 2.45) is 0 Å². The maximum atomic E-state index is 12.3. The highest BCUT2D eigenvalue weighted by molar-refractivity contribution is 6.00. The molecule has 0 aliphatic rings. The normalized spacial score (nSPS) is 10.8. The topological polar surface area (TPSA) is 103 Å². The molecule has 0 radical (unpaired) electrons. The molecule has 8 heteroatoms. The predicted molar refractivity (Wildman–Crippen MR) is 86.8 cm³/mol. The van der Waals surface area contributed by atoms with Gasteiger partial charge >= 0.3 is 12.1 Å². The van der Waals surface area contributed by atoms with Gasteiger partial charge < -0.3 is 18.8 Å². The molecule has 0 atom stereocenters. The summed E-state index contributed by atoms with van der Waals surface area (Å²) in [5, 5.41) is 11.8. The van der Waals surface area contributed by atoms with Gasteiger partial charge in [-0.05, 0) is 27.7 Å². The molecule has 1 amide bonds. The van der Waals surface area contributed by atoms with Crippen molar-refractivity contribution in [3.05, 3.63) is 17.5 Å². The van der Waals surface area contributed by atoms with Gasteiger partial charge in [0.25, 0.3) is 0 Å². The second-order valence-corrected chi connectivity index (χ2v) is 5.91. The molecule has 0 aliphatic heterocycles. The first-order valence-corrected chi connectivity index (χ1v) is 7.52. The van der Waals surface area contributed by atoms with Gasteiger partial charge in [0.15, 0.2) is 5.69 Å². The van der Waals surface area contributed by atoms with Crippen molar-refractivity contribution in [2.75, 3.05) is 25.6 Å². The molecule has 1 aromatic rings. The summed E-state index contributed by atoms with van der Waals surface area (Å²) in [7, 11) is 1.53. The Morgan fingerprint density at radius 2 is 2.04 bits per heavy atom. The summed E-state index contributed by atoms with van der Waals surface area (Å²) in [4.78, 5) is 24.3. The lowest BCUT2D eigenvalue weighted by molar-refractivity contribution is 0.0513. The number of amides is 1. The third-order valence-electron chi connectivity index (χ3n) is 2.83. The lowest BCUT2D eigenvalue weighted by atomic mass is 10.2. The number of rotatable bonds is 6. The molecule has 0 fully saturated rings. The van der Waals surface area contributed by atoms with Crippen LogP contribution < -0.4 is 5.32 Å². The number of hydrogen-bond donors (Lipinski definition) is 1. The van der Waals surface area contributed by atoms with Gasteiger partial charge in [-0.2, -0.15) is 5.26 Å². The van der Waals surface area contributed by atoms with Crippen LogP contribution in [0.5, 0.6) is 0 Å². The molecule has 132 valence electrons. The van der Waals surface area contributed by atoms with E-state index in [0.29, 0.717) is 13.2 Å². The molecule has 0 spiro atoms. The zero-order valence-electron chi connectivity index (χ0n) is 14.6. The van der Waals surface area contributed by atoms with E-state index in [9.17, 15) is 14.9 Å². The fourth-order valence-corrected chi connectivity index (χ4v) is 1.96. The van der Waals surface area contributed by atoms with Crippen molar-refractivity contribution in [2.45, 2.75) is 39.8 Å². The van der Waals surface area contributed by atoms with Crippen molar-refractivity contribution < 1.29 is 23.8 Å². The number of ether oxygens (including phenoxy) is 3. The van der Waals surface area contributed by atoms with Gasteiger partial charge in [0.05, 0.1) is 24.5 Å². The lowest BCUT2D eigenvalue weighted by Gasteiger charge is -2.20. The highest BCUT2D eigenvalue weighted by atomic mass is 16.6.